The van der Waals surface area contributed by atoms with E-state index < -0.39 is 17.2 Å². The van der Waals surface area contributed by atoms with Gasteiger partial charge in [0.15, 0.2) is 0 Å². The maximum Gasteiger partial charge on any atom is 0.408 e. The van der Waals surface area contributed by atoms with Gasteiger partial charge in [0.25, 0.3) is 5.91 Å². The number of amides is 2. The van der Waals surface area contributed by atoms with Gasteiger partial charge in [-0.15, -0.1) is 0 Å². The Morgan fingerprint density at radius 2 is 1.81 bits per heavy atom. The third-order valence-corrected chi connectivity index (χ3v) is 3.59. The molecule has 0 aliphatic carbocycles. The number of aryl methyl sites for hydroxylation is 1. The van der Waals surface area contributed by atoms with E-state index in [9.17, 15) is 9.59 Å². The third-order valence-electron chi connectivity index (χ3n) is 3.59. The SMILES string of the molecule is CCc1cc(N)ccc1C(=O)NCCOCC(C)(C)NC(=O)OC(C)(C)C. The molecule has 2 amide bonds. The Morgan fingerprint density at radius 3 is 2.41 bits per heavy atom. The summed E-state index contributed by atoms with van der Waals surface area (Å²) < 4.78 is 10.8. The first-order chi connectivity index (χ1) is 12.4. The molecule has 7 heteroatoms. The van der Waals surface area contributed by atoms with Crippen molar-refractivity contribution in [3.05, 3.63) is 29.3 Å². The molecule has 0 saturated carbocycles. The molecule has 0 spiro atoms. The number of nitrogen functional groups attached to an aromatic ring is 1. The van der Waals surface area contributed by atoms with Gasteiger partial charge in [0.1, 0.15) is 5.60 Å². The van der Waals surface area contributed by atoms with Gasteiger partial charge in [-0.2, -0.15) is 0 Å². The summed E-state index contributed by atoms with van der Waals surface area (Å²) >= 11 is 0. The zero-order valence-electron chi connectivity index (χ0n) is 17.3. The lowest BCUT2D eigenvalue weighted by molar-refractivity contribution is 0.0352. The number of rotatable bonds is 8. The Hall–Kier alpha value is -2.28. The number of nitrogens with two attached hydrogens (primary N) is 1. The molecule has 27 heavy (non-hydrogen) atoms. The first kappa shape index (κ1) is 22.8. The van der Waals surface area contributed by atoms with Gasteiger partial charge in [0.2, 0.25) is 0 Å². The van der Waals surface area contributed by atoms with Crippen LogP contribution >= 0.6 is 0 Å². The van der Waals surface area contributed by atoms with Crippen molar-refractivity contribution in [1.82, 2.24) is 10.6 Å². The van der Waals surface area contributed by atoms with Crippen LogP contribution in [0.1, 0.15) is 57.5 Å². The van der Waals surface area contributed by atoms with Gasteiger partial charge in [0, 0.05) is 17.8 Å². The maximum absolute atomic E-state index is 12.3. The van der Waals surface area contributed by atoms with Crippen LogP contribution in [0, 0.1) is 0 Å². The van der Waals surface area contributed by atoms with Gasteiger partial charge in [-0.3, -0.25) is 4.79 Å². The summed E-state index contributed by atoms with van der Waals surface area (Å²) in [5.74, 6) is -0.151. The fourth-order valence-electron chi connectivity index (χ4n) is 2.40. The molecule has 0 fully saturated rings. The molecular formula is C20H33N3O4. The summed E-state index contributed by atoms with van der Waals surface area (Å²) in [6, 6.07) is 5.27. The molecule has 4 N–H and O–H groups in total. The van der Waals surface area contributed by atoms with Crippen LogP contribution in [-0.4, -0.2) is 42.9 Å². The van der Waals surface area contributed by atoms with Crippen LogP contribution in [0.25, 0.3) is 0 Å². The van der Waals surface area contributed by atoms with E-state index in [4.69, 9.17) is 15.2 Å². The van der Waals surface area contributed by atoms with Crippen molar-refractivity contribution in [2.45, 2.75) is 59.1 Å². The largest absolute Gasteiger partial charge is 0.444 e. The number of hydrogen-bond donors (Lipinski definition) is 3. The van der Waals surface area contributed by atoms with Crippen LogP contribution in [0.3, 0.4) is 0 Å². The Bertz CT molecular complexity index is 651. The first-order valence-corrected chi connectivity index (χ1v) is 9.19. The lowest BCUT2D eigenvalue weighted by Crippen LogP contribution is -2.49. The lowest BCUT2D eigenvalue weighted by atomic mass is 10.0. The predicted octanol–water partition coefficient (Wildman–Crippen LogP) is 2.88. The summed E-state index contributed by atoms with van der Waals surface area (Å²) in [5, 5.41) is 5.61. The molecule has 0 unspecified atom stereocenters. The third kappa shape index (κ3) is 8.77. The van der Waals surface area contributed by atoms with E-state index in [1.807, 2.05) is 47.6 Å². The fraction of sp³-hybridized carbons (Fsp3) is 0.600. The average molecular weight is 380 g/mol. The summed E-state index contributed by atoms with van der Waals surface area (Å²) in [6.07, 6.45) is 0.245. The molecule has 0 atom stereocenters. The number of alkyl carbamates (subject to hydrolysis) is 1. The van der Waals surface area contributed by atoms with Gasteiger partial charge < -0.3 is 25.8 Å². The molecular weight excluding hydrogens is 346 g/mol. The summed E-state index contributed by atoms with van der Waals surface area (Å²) in [7, 11) is 0. The van der Waals surface area contributed by atoms with E-state index in [1.165, 1.54) is 0 Å². The number of nitrogens with one attached hydrogen (secondary N) is 2. The Kier molecular flexibility index (Phi) is 8.09. The number of carbonyl (C=O) groups excluding carboxylic acids is 2. The van der Waals surface area contributed by atoms with Crippen LogP contribution in [0.15, 0.2) is 18.2 Å². The number of ether oxygens (including phenoxy) is 2. The number of anilines is 1. The minimum Gasteiger partial charge on any atom is -0.444 e. The van der Waals surface area contributed by atoms with Crippen LogP contribution in [0.4, 0.5) is 10.5 Å². The molecule has 1 aromatic carbocycles. The predicted molar refractivity (Wildman–Crippen MR) is 107 cm³/mol. The number of carbonyl (C=O) groups is 2. The zero-order valence-corrected chi connectivity index (χ0v) is 17.3. The van der Waals surface area contributed by atoms with Crippen molar-refractivity contribution in [2.75, 3.05) is 25.5 Å². The highest BCUT2D eigenvalue weighted by atomic mass is 16.6. The number of benzene rings is 1. The van der Waals surface area contributed by atoms with E-state index in [-0.39, 0.29) is 5.91 Å². The van der Waals surface area contributed by atoms with Crippen molar-refractivity contribution in [2.24, 2.45) is 0 Å². The Morgan fingerprint density at radius 1 is 1.15 bits per heavy atom. The van der Waals surface area contributed by atoms with Crippen molar-refractivity contribution in [1.29, 1.82) is 0 Å². The molecule has 1 aromatic rings. The maximum atomic E-state index is 12.3. The van der Waals surface area contributed by atoms with E-state index in [0.29, 0.717) is 31.0 Å². The van der Waals surface area contributed by atoms with Crippen molar-refractivity contribution >= 4 is 17.7 Å². The molecule has 0 saturated heterocycles. The highest BCUT2D eigenvalue weighted by Gasteiger charge is 2.24. The minimum absolute atomic E-state index is 0.151. The van der Waals surface area contributed by atoms with E-state index >= 15 is 0 Å². The molecule has 0 bridgehead atoms. The van der Waals surface area contributed by atoms with Crippen LogP contribution in [-0.2, 0) is 15.9 Å². The van der Waals surface area contributed by atoms with Crippen molar-refractivity contribution in [3.8, 4) is 0 Å². The molecule has 0 aliphatic heterocycles. The first-order valence-electron chi connectivity index (χ1n) is 9.19. The monoisotopic (exact) mass is 379 g/mol. The second kappa shape index (κ2) is 9.60. The second-order valence-corrected chi connectivity index (χ2v) is 8.09. The molecule has 1 rings (SSSR count). The quantitative estimate of drug-likeness (QED) is 0.476. The van der Waals surface area contributed by atoms with E-state index in [0.717, 1.165) is 12.0 Å². The minimum atomic E-state index is -0.585. The summed E-state index contributed by atoms with van der Waals surface area (Å²) in [5.41, 5.74) is 6.81. The van der Waals surface area contributed by atoms with E-state index in [2.05, 4.69) is 10.6 Å². The Balaban J connectivity index is 2.37. The van der Waals surface area contributed by atoms with Gasteiger partial charge >= 0.3 is 6.09 Å². The van der Waals surface area contributed by atoms with Crippen LogP contribution < -0.4 is 16.4 Å². The summed E-state index contributed by atoms with van der Waals surface area (Å²) in [4.78, 5) is 24.1. The van der Waals surface area contributed by atoms with Gasteiger partial charge in [0.05, 0.1) is 18.8 Å². The van der Waals surface area contributed by atoms with Gasteiger partial charge in [-0.05, 0) is 64.8 Å². The second-order valence-electron chi connectivity index (χ2n) is 8.09. The topological polar surface area (TPSA) is 103 Å². The Labute approximate surface area is 162 Å². The van der Waals surface area contributed by atoms with Crippen LogP contribution in [0.2, 0.25) is 0 Å². The molecule has 0 aliphatic rings. The summed E-state index contributed by atoms with van der Waals surface area (Å²) in [6.45, 7) is 12.1. The van der Waals surface area contributed by atoms with Gasteiger partial charge in [-0.25, -0.2) is 4.79 Å². The molecule has 0 aromatic heterocycles. The average Bonchev–Trinajstić information content (AvgIpc) is 2.51. The standard InChI is InChI=1S/C20H33N3O4/c1-7-14-12-15(21)8-9-16(14)17(24)22-10-11-26-13-20(5,6)23-18(25)27-19(2,3)4/h8-9,12H,7,10-11,13,21H2,1-6H3,(H,22,24)(H,23,25). The van der Waals surface area contributed by atoms with Crippen molar-refractivity contribution < 1.29 is 19.1 Å². The van der Waals surface area contributed by atoms with E-state index in [1.54, 1.807) is 12.1 Å². The fourth-order valence-corrected chi connectivity index (χ4v) is 2.40. The number of hydrogen-bond acceptors (Lipinski definition) is 5. The van der Waals surface area contributed by atoms with Crippen LogP contribution in [0.5, 0.6) is 0 Å². The highest BCUT2D eigenvalue weighted by Crippen LogP contribution is 2.14. The molecule has 152 valence electrons. The zero-order chi connectivity index (χ0) is 20.7. The molecule has 7 nitrogen and oxygen atoms in total. The smallest absolute Gasteiger partial charge is 0.408 e. The highest BCUT2D eigenvalue weighted by molar-refractivity contribution is 5.96. The van der Waals surface area contributed by atoms with Gasteiger partial charge in [-0.1, -0.05) is 6.92 Å². The molecule has 0 heterocycles. The normalized spacial score (nSPS) is 11.8. The van der Waals surface area contributed by atoms with Crippen molar-refractivity contribution in [3.63, 3.8) is 0 Å². The lowest BCUT2D eigenvalue weighted by Gasteiger charge is -2.28. The molecule has 0 radical (unpaired) electrons.